The lowest BCUT2D eigenvalue weighted by Gasteiger charge is -2.17. The number of ether oxygens (including phenoxy) is 1. The number of esters is 1. The maximum Gasteiger partial charge on any atom is 0.343 e. The number of carbonyl (C=O) groups is 1. The van der Waals surface area contributed by atoms with E-state index in [0.29, 0.717) is 17.3 Å². The summed E-state index contributed by atoms with van der Waals surface area (Å²) in [6.07, 6.45) is 1.48. The molecule has 0 bridgehead atoms. The molecule has 0 aliphatic heterocycles. The molecule has 0 saturated heterocycles. The van der Waals surface area contributed by atoms with Crippen molar-refractivity contribution in [3.63, 3.8) is 0 Å². The van der Waals surface area contributed by atoms with Crippen molar-refractivity contribution in [2.75, 3.05) is 11.9 Å². The van der Waals surface area contributed by atoms with Crippen molar-refractivity contribution in [2.24, 2.45) is 0 Å². The molecule has 1 aromatic carbocycles. The van der Waals surface area contributed by atoms with Crippen molar-refractivity contribution in [1.82, 2.24) is 19.7 Å². The lowest BCUT2D eigenvalue weighted by Crippen LogP contribution is -2.17. The fourth-order valence-electron chi connectivity index (χ4n) is 2.80. The van der Waals surface area contributed by atoms with Crippen LogP contribution in [0, 0.1) is 13.8 Å². The molecular weight excluding hydrogens is 342 g/mol. The number of benzene rings is 1. The molecule has 0 unspecified atom stereocenters. The van der Waals surface area contributed by atoms with E-state index in [9.17, 15) is 4.79 Å². The van der Waals surface area contributed by atoms with Crippen LogP contribution < -0.4 is 5.32 Å². The van der Waals surface area contributed by atoms with Crippen LogP contribution in [0.3, 0.4) is 0 Å². The SMILES string of the molecule is CCOC(=O)c1cnc(-n2nc(C)cc2C)nc1N[C@@H](C)c1ccccc1. The van der Waals surface area contributed by atoms with Crippen LogP contribution in [-0.2, 0) is 4.74 Å². The molecule has 0 amide bonds. The Labute approximate surface area is 158 Å². The number of carbonyl (C=O) groups excluding carboxylic acids is 1. The third-order valence-electron chi connectivity index (χ3n) is 4.12. The Hall–Kier alpha value is -3.22. The van der Waals surface area contributed by atoms with Gasteiger partial charge in [0.2, 0.25) is 0 Å². The minimum absolute atomic E-state index is 0.0532. The zero-order chi connectivity index (χ0) is 19.4. The minimum atomic E-state index is -0.458. The van der Waals surface area contributed by atoms with Crippen LogP contribution >= 0.6 is 0 Å². The van der Waals surface area contributed by atoms with Crippen molar-refractivity contribution in [3.05, 3.63) is 65.1 Å². The Balaban J connectivity index is 2.00. The van der Waals surface area contributed by atoms with E-state index in [-0.39, 0.29) is 12.6 Å². The lowest BCUT2D eigenvalue weighted by atomic mass is 10.1. The van der Waals surface area contributed by atoms with Crippen LogP contribution in [0.2, 0.25) is 0 Å². The molecular formula is C20H23N5O2. The van der Waals surface area contributed by atoms with E-state index >= 15 is 0 Å². The summed E-state index contributed by atoms with van der Waals surface area (Å²) in [6, 6.07) is 11.8. The molecule has 140 valence electrons. The van der Waals surface area contributed by atoms with Crippen LogP contribution in [0.25, 0.3) is 5.95 Å². The van der Waals surface area contributed by atoms with Gasteiger partial charge in [-0.3, -0.25) is 0 Å². The standard InChI is InChI=1S/C20H23N5O2/c1-5-27-19(26)17-12-21-20(25-14(3)11-13(2)24-25)23-18(17)22-15(4)16-9-7-6-8-10-16/h6-12,15H,5H2,1-4H3,(H,21,22,23)/t15-/m0/s1. The second-order valence-corrected chi connectivity index (χ2v) is 6.27. The van der Waals surface area contributed by atoms with Gasteiger partial charge in [0.05, 0.1) is 12.3 Å². The summed E-state index contributed by atoms with van der Waals surface area (Å²) < 4.78 is 6.80. The molecule has 3 aromatic rings. The van der Waals surface area contributed by atoms with E-state index < -0.39 is 5.97 Å². The van der Waals surface area contributed by atoms with Crippen LogP contribution in [0.5, 0.6) is 0 Å². The first kappa shape index (κ1) is 18.6. The van der Waals surface area contributed by atoms with Crippen molar-refractivity contribution in [1.29, 1.82) is 0 Å². The third kappa shape index (κ3) is 4.13. The minimum Gasteiger partial charge on any atom is -0.462 e. The van der Waals surface area contributed by atoms with Gasteiger partial charge in [0.1, 0.15) is 11.4 Å². The summed E-state index contributed by atoms with van der Waals surface area (Å²) in [5.41, 5.74) is 3.17. The third-order valence-corrected chi connectivity index (χ3v) is 4.12. The summed E-state index contributed by atoms with van der Waals surface area (Å²) in [5, 5.41) is 7.73. The smallest absolute Gasteiger partial charge is 0.343 e. The molecule has 3 rings (SSSR count). The first-order valence-electron chi connectivity index (χ1n) is 8.89. The van der Waals surface area contributed by atoms with E-state index in [4.69, 9.17) is 4.74 Å². The average Bonchev–Trinajstić information content (AvgIpc) is 3.00. The largest absolute Gasteiger partial charge is 0.462 e. The van der Waals surface area contributed by atoms with Crippen molar-refractivity contribution < 1.29 is 9.53 Å². The van der Waals surface area contributed by atoms with Crippen LogP contribution in [-0.4, -0.2) is 32.3 Å². The molecule has 2 aromatic heterocycles. The van der Waals surface area contributed by atoms with Crippen LogP contribution in [0.4, 0.5) is 5.82 Å². The van der Waals surface area contributed by atoms with Crippen molar-refractivity contribution >= 4 is 11.8 Å². The summed E-state index contributed by atoms with van der Waals surface area (Å²) in [7, 11) is 0. The number of anilines is 1. The second kappa shape index (κ2) is 7.99. The van der Waals surface area contributed by atoms with Gasteiger partial charge in [-0.2, -0.15) is 10.1 Å². The maximum atomic E-state index is 12.3. The number of rotatable bonds is 6. The van der Waals surface area contributed by atoms with Gasteiger partial charge in [-0.15, -0.1) is 0 Å². The fourth-order valence-corrected chi connectivity index (χ4v) is 2.80. The number of nitrogens with zero attached hydrogens (tertiary/aromatic N) is 4. The van der Waals surface area contributed by atoms with Crippen molar-refractivity contribution in [2.45, 2.75) is 33.7 Å². The molecule has 0 fully saturated rings. The predicted molar refractivity (Wildman–Crippen MR) is 103 cm³/mol. The van der Waals surface area contributed by atoms with Gasteiger partial charge in [0.25, 0.3) is 5.95 Å². The first-order chi connectivity index (χ1) is 13.0. The summed E-state index contributed by atoms with van der Waals surface area (Å²) in [4.78, 5) is 21.2. The topological polar surface area (TPSA) is 81.9 Å². The normalized spacial score (nSPS) is 11.9. The van der Waals surface area contributed by atoms with E-state index in [1.54, 1.807) is 11.6 Å². The highest BCUT2D eigenvalue weighted by molar-refractivity contribution is 5.94. The number of aromatic nitrogens is 4. The molecule has 0 aliphatic carbocycles. The number of nitrogens with one attached hydrogen (secondary N) is 1. The molecule has 7 nitrogen and oxygen atoms in total. The Kier molecular flexibility index (Phi) is 5.49. The number of hydrogen-bond acceptors (Lipinski definition) is 6. The molecule has 1 atom stereocenters. The van der Waals surface area contributed by atoms with Gasteiger partial charge >= 0.3 is 5.97 Å². The molecule has 0 saturated carbocycles. The quantitative estimate of drug-likeness (QED) is 0.672. The van der Waals surface area contributed by atoms with E-state index in [1.165, 1.54) is 6.20 Å². The molecule has 0 spiro atoms. The Morgan fingerprint density at radius 1 is 1.26 bits per heavy atom. The Morgan fingerprint density at radius 3 is 2.63 bits per heavy atom. The van der Waals surface area contributed by atoms with Crippen LogP contribution in [0.1, 0.15) is 47.2 Å². The zero-order valence-corrected chi connectivity index (χ0v) is 15.9. The summed E-state index contributed by atoms with van der Waals surface area (Å²) in [6.45, 7) is 7.90. The van der Waals surface area contributed by atoms with E-state index in [1.807, 2.05) is 57.2 Å². The molecule has 27 heavy (non-hydrogen) atoms. The van der Waals surface area contributed by atoms with Crippen LogP contribution in [0.15, 0.2) is 42.6 Å². The lowest BCUT2D eigenvalue weighted by molar-refractivity contribution is 0.0526. The van der Waals surface area contributed by atoms with Crippen molar-refractivity contribution in [3.8, 4) is 5.95 Å². The fraction of sp³-hybridized carbons (Fsp3) is 0.300. The predicted octanol–water partition coefficient (Wildman–Crippen LogP) is 3.63. The second-order valence-electron chi connectivity index (χ2n) is 6.27. The Bertz CT molecular complexity index is 937. The van der Waals surface area contributed by atoms with Gasteiger partial charge < -0.3 is 10.1 Å². The first-order valence-corrected chi connectivity index (χ1v) is 8.89. The molecule has 0 radical (unpaired) electrons. The molecule has 2 heterocycles. The monoisotopic (exact) mass is 365 g/mol. The van der Waals surface area contributed by atoms with Gasteiger partial charge in [-0.1, -0.05) is 30.3 Å². The highest BCUT2D eigenvalue weighted by atomic mass is 16.5. The molecule has 1 N–H and O–H groups in total. The van der Waals surface area contributed by atoms with Gasteiger partial charge in [0, 0.05) is 17.9 Å². The summed E-state index contributed by atoms with van der Waals surface area (Å²) >= 11 is 0. The molecule has 7 heteroatoms. The Morgan fingerprint density at radius 2 is 2.00 bits per heavy atom. The van der Waals surface area contributed by atoms with Gasteiger partial charge in [0.15, 0.2) is 0 Å². The van der Waals surface area contributed by atoms with Gasteiger partial charge in [-0.25, -0.2) is 14.5 Å². The highest BCUT2D eigenvalue weighted by Crippen LogP contribution is 2.22. The average molecular weight is 365 g/mol. The zero-order valence-electron chi connectivity index (χ0n) is 15.9. The van der Waals surface area contributed by atoms with E-state index in [2.05, 4.69) is 20.4 Å². The maximum absolute atomic E-state index is 12.3. The highest BCUT2D eigenvalue weighted by Gasteiger charge is 2.19. The molecule has 0 aliphatic rings. The van der Waals surface area contributed by atoms with Gasteiger partial charge in [-0.05, 0) is 39.3 Å². The van der Waals surface area contributed by atoms with E-state index in [0.717, 1.165) is 17.0 Å². The summed E-state index contributed by atoms with van der Waals surface area (Å²) in [5.74, 6) is 0.360. The number of hydrogen-bond donors (Lipinski definition) is 1. The number of aryl methyl sites for hydroxylation is 2.